The van der Waals surface area contributed by atoms with Gasteiger partial charge in [-0.25, -0.2) is 12.8 Å². The van der Waals surface area contributed by atoms with Crippen molar-refractivity contribution < 1.29 is 12.8 Å². The standard InChI is InChI=1S/C14H20BrFN2O2S.ClH/c1-2-9-18(12-5-7-17-8-6-12)21(19,20)14-4-3-11(16)10-13(14)15;/h3-4,10,12,17H,2,5-9H2,1H3;1H. The Hall–Kier alpha value is -0.210. The lowest BCUT2D eigenvalue weighted by Gasteiger charge is -2.33. The predicted molar refractivity (Wildman–Crippen MR) is 91.4 cm³/mol. The molecule has 0 spiro atoms. The van der Waals surface area contributed by atoms with Gasteiger partial charge in [0, 0.05) is 17.1 Å². The fourth-order valence-electron chi connectivity index (χ4n) is 2.62. The molecule has 2 rings (SSSR count). The minimum atomic E-state index is -3.62. The molecule has 0 aliphatic carbocycles. The Bertz CT molecular complexity index is 595. The zero-order chi connectivity index (χ0) is 15.5. The number of benzene rings is 1. The highest BCUT2D eigenvalue weighted by Crippen LogP contribution is 2.29. The van der Waals surface area contributed by atoms with Crippen LogP contribution in [0.2, 0.25) is 0 Å². The van der Waals surface area contributed by atoms with Crippen LogP contribution in [-0.4, -0.2) is 38.4 Å². The van der Waals surface area contributed by atoms with E-state index in [0.29, 0.717) is 6.54 Å². The first-order chi connectivity index (χ1) is 9.96. The summed E-state index contributed by atoms with van der Waals surface area (Å²) in [5.74, 6) is -0.454. The second-order valence-corrected chi connectivity index (χ2v) is 7.88. The van der Waals surface area contributed by atoms with Gasteiger partial charge in [0.15, 0.2) is 0 Å². The average Bonchev–Trinajstić information content (AvgIpc) is 2.45. The summed E-state index contributed by atoms with van der Waals surface area (Å²) < 4.78 is 40.9. The van der Waals surface area contributed by atoms with Gasteiger partial charge in [-0.05, 0) is 66.5 Å². The van der Waals surface area contributed by atoms with Gasteiger partial charge in [0.25, 0.3) is 0 Å². The zero-order valence-electron chi connectivity index (χ0n) is 12.4. The van der Waals surface area contributed by atoms with Crippen LogP contribution in [0.25, 0.3) is 0 Å². The fraction of sp³-hybridized carbons (Fsp3) is 0.571. The molecule has 1 fully saturated rings. The van der Waals surface area contributed by atoms with E-state index in [1.807, 2.05) is 6.92 Å². The summed E-state index contributed by atoms with van der Waals surface area (Å²) in [6.45, 7) is 4.09. The first-order valence-corrected chi connectivity index (χ1v) is 9.37. The highest BCUT2D eigenvalue weighted by Gasteiger charge is 2.32. The molecule has 22 heavy (non-hydrogen) atoms. The van der Waals surface area contributed by atoms with Crippen LogP contribution in [-0.2, 0) is 10.0 Å². The molecule has 0 amide bonds. The zero-order valence-corrected chi connectivity index (χ0v) is 15.6. The second-order valence-electron chi connectivity index (χ2n) is 5.17. The molecule has 4 nitrogen and oxygen atoms in total. The third-order valence-corrected chi connectivity index (χ3v) is 6.57. The Morgan fingerprint density at radius 2 is 2.00 bits per heavy atom. The van der Waals surface area contributed by atoms with Crippen molar-refractivity contribution in [3.8, 4) is 0 Å². The SMILES string of the molecule is CCCN(C1CCNCC1)S(=O)(=O)c1ccc(F)cc1Br.Cl. The summed E-state index contributed by atoms with van der Waals surface area (Å²) in [4.78, 5) is 0.135. The van der Waals surface area contributed by atoms with Crippen LogP contribution >= 0.6 is 28.3 Å². The van der Waals surface area contributed by atoms with Crippen molar-refractivity contribution in [1.29, 1.82) is 0 Å². The normalized spacial score (nSPS) is 16.5. The van der Waals surface area contributed by atoms with Gasteiger partial charge in [-0.3, -0.25) is 0 Å². The van der Waals surface area contributed by atoms with Crippen LogP contribution in [0.3, 0.4) is 0 Å². The van der Waals surface area contributed by atoms with Gasteiger partial charge in [0.1, 0.15) is 5.82 Å². The van der Waals surface area contributed by atoms with Gasteiger partial charge < -0.3 is 5.32 Å². The average molecular weight is 416 g/mol. The van der Waals surface area contributed by atoms with Crippen LogP contribution in [0.5, 0.6) is 0 Å². The Labute approximate surface area is 146 Å². The fourth-order valence-corrected chi connectivity index (χ4v) is 5.41. The molecule has 1 saturated heterocycles. The quantitative estimate of drug-likeness (QED) is 0.803. The monoisotopic (exact) mass is 414 g/mol. The molecule has 0 bridgehead atoms. The van der Waals surface area contributed by atoms with Crippen LogP contribution < -0.4 is 5.32 Å². The molecule has 1 N–H and O–H groups in total. The Balaban J connectivity index is 0.00000242. The largest absolute Gasteiger partial charge is 0.317 e. The molecule has 0 saturated carbocycles. The van der Waals surface area contributed by atoms with Crippen molar-refractivity contribution in [2.24, 2.45) is 0 Å². The number of piperidine rings is 1. The second kappa shape index (κ2) is 8.59. The maximum atomic E-state index is 13.2. The molecule has 1 aliphatic rings. The molecule has 0 unspecified atom stereocenters. The number of rotatable bonds is 5. The molecular weight excluding hydrogens is 395 g/mol. The highest BCUT2D eigenvalue weighted by atomic mass is 79.9. The minimum absolute atomic E-state index is 0. The summed E-state index contributed by atoms with van der Waals surface area (Å²) in [5.41, 5.74) is 0. The number of hydrogen-bond donors (Lipinski definition) is 1. The molecule has 8 heteroatoms. The lowest BCUT2D eigenvalue weighted by Crippen LogP contribution is -2.46. The molecule has 0 aromatic heterocycles. The first kappa shape index (κ1) is 19.8. The summed E-state index contributed by atoms with van der Waals surface area (Å²) in [6.07, 6.45) is 2.36. The highest BCUT2D eigenvalue weighted by molar-refractivity contribution is 9.10. The predicted octanol–water partition coefficient (Wildman–Crippen LogP) is 3.16. The minimum Gasteiger partial charge on any atom is -0.317 e. The first-order valence-electron chi connectivity index (χ1n) is 7.14. The maximum Gasteiger partial charge on any atom is 0.244 e. The van der Waals surface area contributed by atoms with Crippen molar-refractivity contribution in [3.05, 3.63) is 28.5 Å². The summed E-state index contributed by atoms with van der Waals surface area (Å²) in [6, 6.07) is 3.72. The van der Waals surface area contributed by atoms with Gasteiger partial charge in [0.2, 0.25) is 10.0 Å². The number of halogens is 3. The molecule has 1 aromatic rings. The van der Waals surface area contributed by atoms with Gasteiger partial charge in [-0.2, -0.15) is 4.31 Å². The van der Waals surface area contributed by atoms with Crippen LogP contribution in [0.15, 0.2) is 27.6 Å². The molecule has 126 valence electrons. The Kier molecular flexibility index (Phi) is 7.74. The van der Waals surface area contributed by atoms with E-state index in [-0.39, 0.29) is 27.8 Å². The lowest BCUT2D eigenvalue weighted by molar-refractivity contribution is 0.262. The number of sulfonamides is 1. The van der Waals surface area contributed by atoms with Crippen molar-refractivity contribution in [3.63, 3.8) is 0 Å². The molecule has 0 atom stereocenters. The van der Waals surface area contributed by atoms with E-state index in [4.69, 9.17) is 0 Å². The van der Waals surface area contributed by atoms with E-state index in [2.05, 4.69) is 21.2 Å². The van der Waals surface area contributed by atoms with E-state index in [1.54, 1.807) is 4.31 Å². The van der Waals surface area contributed by atoms with Crippen molar-refractivity contribution >= 4 is 38.4 Å². The van der Waals surface area contributed by atoms with Gasteiger partial charge in [0.05, 0.1) is 4.90 Å². The summed E-state index contributed by atoms with van der Waals surface area (Å²) in [5, 5.41) is 3.24. The van der Waals surface area contributed by atoms with Crippen LogP contribution in [0, 0.1) is 5.82 Å². The molecule has 1 heterocycles. The third kappa shape index (κ3) is 4.41. The van der Waals surface area contributed by atoms with Crippen molar-refractivity contribution in [2.45, 2.75) is 37.1 Å². The summed E-state index contributed by atoms with van der Waals surface area (Å²) in [7, 11) is -3.62. The van der Waals surface area contributed by atoms with Gasteiger partial charge in [-0.15, -0.1) is 12.4 Å². The van der Waals surface area contributed by atoms with Crippen LogP contribution in [0.1, 0.15) is 26.2 Å². The van der Waals surface area contributed by atoms with E-state index >= 15 is 0 Å². The molecule has 0 radical (unpaired) electrons. The molecule has 1 aliphatic heterocycles. The van der Waals surface area contributed by atoms with Crippen LogP contribution in [0.4, 0.5) is 4.39 Å². The Morgan fingerprint density at radius 3 is 2.55 bits per heavy atom. The number of nitrogens with zero attached hydrogens (tertiary/aromatic N) is 1. The van der Waals surface area contributed by atoms with E-state index in [1.165, 1.54) is 18.2 Å². The third-order valence-electron chi connectivity index (χ3n) is 3.64. The van der Waals surface area contributed by atoms with E-state index in [0.717, 1.165) is 32.4 Å². The van der Waals surface area contributed by atoms with Gasteiger partial charge >= 0.3 is 0 Å². The number of nitrogens with one attached hydrogen (secondary N) is 1. The number of hydrogen-bond acceptors (Lipinski definition) is 3. The van der Waals surface area contributed by atoms with Crippen molar-refractivity contribution in [2.75, 3.05) is 19.6 Å². The lowest BCUT2D eigenvalue weighted by atomic mass is 10.1. The van der Waals surface area contributed by atoms with Gasteiger partial charge in [-0.1, -0.05) is 6.92 Å². The maximum absolute atomic E-state index is 13.2. The summed E-state index contributed by atoms with van der Waals surface area (Å²) >= 11 is 3.17. The topological polar surface area (TPSA) is 49.4 Å². The van der Waals surface area contributed by atoms with E-state index < -0.39 is 15.8 Å². The molecular formula is C14H21BrClFN2O2S. The molecule has 1 aromatic carbocycles. The Morgan fingerprint density at radius 1 is 1.36 bits per heavy atom. The van der Waals surface area contributed by atoms with E-state index in [9.17, 15) is 12.8 Å². The van der Waals surface area contributed by atoms with Crippen molar-refractivity contribution in [1.82, 2.24) is 9.62 Å². The smallest absolute Gasteiger partial charge is 0.244 e.